The van der Waals surface area contributed by atoms with Crippen LogP contribution in [0.1, 0.15) is 17.7 Å². The zero-order valence-electron chi connectivity index (χ0n) is 13.6. The average molecular weight is 443 g/mol. The highest BCUT2D eigenvalue weighted by molar-refractivity contribution is 9.11. The molecular weight excluding hydrogens is 424 g/mol. The quantitative estimate of drug-likeness (QED) is 0.400. The lowest BCUT2D eigenvalue weighted by Gasteiger charge is -2.14. The first-order valence-electron chi connectivity index (χ1n) is 8.15. The summed E-state index contributed by atoms with van der Waals surface area (Å²) in [6, 6.07) is 4.11. The number of rotatable bonds is 7. The number of fused-ring (bicyclic) bond motifs is 1. The molecule has 1 N–H and O–H groups in total. The van der Waals surface area contributed by atoms with Crippen LogP contribution < -0.4 is 5.32 Å². The molecule has 0 aromatic carbocycles. The maximum Gasteiger partial charge on any atom is 0.240 e. The second-order valence-corrected chi connectivity index (χ2v) is 9.68. The molecule has 5 nitrogen and oxygen atoms in total. The molecule has 25 heavy (non-hydrogen) atoms. The van der Waals surface area contributed by atoms with E-state index in [1.807, 2.05) is 18.2 Å². The highest BCUT2D eigenvalue weighted by Crippen LogP contribution is 2.34. The summed E-state index contributed by atoms with van der Waals surface area (Å²) in [5.41, 5.74) is 0. The SMILES string of the molecule is O=C(CN1C(=O)[C@H]2CC=CC[C@H]2C1=O)NCCSCc1ccc(Br)s1. The van der Waals surface area contributed by atoms with Crippen molar-refractivity contribution >= 4 is 56.8 Å². The lowest BCUT2D eigenvalue weighted by Crippen LogP contribution is -2.41. The number of amides is 3. The third-order valence-corrected chi connectivity index (χ3v) is 7.16. The number of likely N-dealkylation sites (tertiary alicyclic amines) is 1. The van der Waals surface area contributed by atoms with Crippen molar-refractivity contribution in [1.29, 1.82) is 0 Å². The van der Waals surface area contributed by atoms with Gasteiger partial charge in [0, 0.05) is 22.9 Å². The minimum atomic E-state index is -0.272. The summed E-state index contributed by atoms with van der Waals surface area (Å²) in [4.78, 5) is 39.1. The lowest BCUT2D eigenvalue weighted by atomic mass is 9.85. The number of nitrogens with zero attached hydrogens (tertiary/aromatic N) is 1. The molecule has 3 amide bonds. The fourth-order valence-electron chi connectivity index (χ4n) is 3.09. The van der Waals surface area contributed by atoms with Gasteiger partial charge in [0.1, 0.15) is 6.54 Å². The van der Waals surface area contributed by atoms with E-state index in [-0.39, 0.29) is 36.1 Å². The van der Waals surface area contributed by atoms with Crippen molar-refractivity contribution in [2.45, 2.75) is 18.6 Å². The Morgan fingerprint density at radius 2 is 1.92 bits per heavy atom. The Balaban J connectivity index is 1.38. The van der Waals surface area contributed by atoms with Gasteiger partial charge in [-0.15, -0.1) is 11.3 Å². The van der Waals surface area contributed by atoms with Crippen molar-refractivity contribution in [1.82, 2.24) is 10.2 Å². The van der Waals surface area contributed by atoms with Crippen molar-refractivity contribution < 1.29 is 14.4 Å². The summed E-state index contributed by atoms with van der Waals surface area (Å²) in [5, 5.41) is 2.80. The van der Waals surface area contributed by atoms with Crippen LogP contribution in [0.15, 0.2) is 28.1 Å². The number of nitrogens with one attached hydrogen (secondary N) is 1. The Morgan fingerprint density at radius 1 is 1.24 bits per heavy atom. The fraction of sp³-hybridized carbons (Fsp3) is 0.471. The number of thioether (sulfide) groups is 1. The maximum atomic E-state index is 12.3. The van der Waals surface area contributed by atoms with E-state index in [1.54, 1.807) is 23.1 Å². The predicted octanol–water partition coefficient (Wildman–Crippen LogP) is 2.81. The Kier molecular flexibility index (Phi) is 6.35. The normalized spacial score (nSPS) is 22.4. The molecule has 8 heteroatoms. The molecule has 1 saturated heterocycles. The minimum Gasteiger partial charge on any atom is -0.354 e. The van der Waals surface area contributed by atoms with E-state index in [2.05, 4.69) is 27.3 Å². The number of allylic oxidation sites excluding steroid dienone is 2. The molecule has 1 aliphatic heterocycles. The lowest BCUT2D eigenvalue weighted by molar-refractivity contribution is -0.143. The molecule has 1 aromatic rings. The second kappa shape index (κ2) is 8.51. The molecule has 134 valence electrons. The second-order valence-electron chi connectivity index (χ2n) is 6.03. The van der Waals surface area contributed by atoms with E-state index in [1.165, 1.54) is 4.88 Å². The zero-order valence-corrected chi connectivity index (χ0v) is 16.8. The van der Waals surface area contributed by atoms with E-state index in [4.69, 9.17) is 0 Å². The van der Waals surface area contributed by atoms with Gasteiger partial charge in [-0.25, -0.2) is 0 Å². The van der Waals surface area contributed by atoms with Crippen LogP contribution in [0.2, 0.25) is 0 Å². The minimum absolute atomic E-state index is 0.160. The highest BCUT2D eigenvalue weighted by Gasteiger charge is 2.47. The molecule has 2 atom stereocenters. The largest absolute Gasteiger partial charge is 0.354 e. The van der Waals surface area contributed by atoms with E-state index in [9.17, 15) is 14.4 Å². The number of hydrogen-bond acceptors (Lipinski definition) is 5. The molecule has 1 fully saturated rings. The standard InChI is InChI=1S/C17H19BrN2O3S2/c18-14-6-5-11(25-14)10-24-8-7-19-15(21)9-20-16(22)12-3-1-2-4-13(12)17(20)23/h1-2,5-6,12-13H,3-4,7-10H2,(H,19,21)/t12-,13+. The number of carbonyl (C=O) groups excluding carboxylic acids is 3. The van der Waals surface area contributed by atoms with E-state index < -0.39 is 0 Å². The van der Waals surface area contributed by atoms with Crippen LogP contribution >= 0.6 is 39.0 Å². The van der Waals surface area contributed by atoms with Crippen LogP contribution in [0.3, 0.4) is 0 Å². The molecule has 2 aliphatic rings. The third-order valence-electron chi connectivity index (χ3n) is 4.34. The Bertz CT molecular complexity index is 678. The van der Waals surface area contributed by atoms with Crippen LogP contribution in [0, 0.1) is 11.8 Å². The smallest absolute Gasteiger partial charge is 0.240 e. The number of thiophene rings is 1. The van der Waals surface area contributed by atoms with Gasteiger partial charge in [-0.1, -0.05) is 12.2 Å². The third kappa shape index (κ3) is 4.54. The van der Waals surface area contributed by atoms with Crippen molar-refractivity contribution in [3.63, 3.8) is 0 Å². The Hall–Kier alpha value is -1.12. The van der Waals surface area contributed by atoms with Gasteiger partial charge in [0.2, 0.25) is 17.7 Å². The van der Waals surface area contributed by atoms with Gasteiger partial charge in [-0.3, -0.25) is 19.3 Å². The number of carbonyl (C=O) groups is 3. The Labute approximate surface area is 163 Å². The summed E-state index contributed by atoms with van der Waals surface area (Å²) in [6.45, 7) is 0.369. The molecule has 1 aliphatic carbocycles. The van der Waals surface area contributed by atoms with Gasteiger partial charge >= 0.3 is 0 Å². The first-order valence-corrected chi connectivity index (χ1v) is 10.9. The van der Waals surface area contributed by atoms with Crippen LogP contribution in [0.5, 0.6) is 0 Å². The molecular formula is C17H19BrN2O3S2. The molecule has 0 saturated carbocycles. The first kappa shape index (κ1) is 18.7. The molecule has 2 heterocycles. The first-order chi connectivity index (χ1) is 12.1. The molecule has 0 spiro atoms. The number of hydrogen-bond donors (Lipinski definition) is 1. The van der Waals surface area contributed by atoms with Crippen LogP contribution in [-0.2, 0) is 20.1 Å². The van der Waals surface area contributed by atoms with Crippen LogP contribution in [0.4, 0.5) is 0 Å². The summed E-state index contributed by atoms with van der Waals surface area (Å²) in [6.07, 6.45) is 5.09. The number of halogens is 1. The van der Waals surface area contributed by atoms with Crippen LogP contribution in [-0.4, -0.2) is 41.5 Å². The topological polar surface area (TPSA) is 66.5 Å². The van der Waals surface area contributed by atoms with E-state index >= 15 is 0 Å². The predicted molar refractivity (Wildman–Crippen MR) is 103 cm³/mol. The van der Waals surface area contributed by atoms with E-state index in [0.29, 0.717) is 19.4 Å². The van der Waals surface area contributed by atoms with Gasteiger partial charge in [0.15, 0.2) is 0 Å². The number of imide groups is 1. The maximum absolute atomic E-state index is 12.3. The van der Waals surface area contributed by atoms with E-state index in [0.717, 1.165) is 20.2 Å². The van der Waals surface area contributed by atoms with Gasteiger partial charge in [-0.05, 0) is 40.9 Å². The molecule has 0 unspecified atom stereocenters. The summed E-state index contributed by atoms with van der Waals surface area (Å²) < 4.78 is 1.12. The summed E-state index contributed by atoms with van der Waals surface area (Å²) >= 11 is 6.88. The van der Waals surface area contributed by atoms with Crippen molar-refractivity contribution in [3.05, 3.63) is 32.9 Å². The van der Waals surface area contributed by atoms with Gasteiger partial charge in [0.05, 0.1) is 15.6 Å². The average Bonchev–Trinajstić information content (AvgIpc) is 3.12. The Morgan fingerprint density at radius 3 is 2.52 bits per heavy atom. The highest BCUT2D eigenvalue weighted by atomic mass is 79.9. The molecule has 3 rings (SSSR count). The van der Waals surface area contributed by atoms with Crippen molar-refractivity contribution in [2.24, 2.45) is 11.8 Å². The monoisotopic (exact) mass is 442 g/mol. The van der Waals surface area contributed by atoms with Gasteiger partial charge in [0.25, 0.3) is 0 Å². The van der Waals surface area contributed by atoms with Crippen molar-refractivity contribution in [3.8, 4) is 0 Å². The van der Waals surface area contributed by atoms with Gasteiger partial charge < -0.3 is 5.32 Å². The molecule has 0 radical (unpaired) electrons. The van der Waals surface area contributed by atoms with Crippen LogP contribution in [0.25, 0.3) is 0 Å². The molecule has 1 aromatic heterocycles. The zero-order chi connectivity index (χ0) is 17.8. The fourth-order valence-corrected chi connectivity index (χ4v) is 5.54. The van der Waals surface area contributed by atoms with Gasteiger partial charge in [-0.2, -0.15) is 11.8 Å². The summed E-state index contributed by atoms with van der Waals surface area (Å²) in [5.74, 6) is 0.480. The molecule has 0 bridgehead atoms. The summed E-state index contributed by atoms with van der Waals surface area (Å²) in [7, 11) is 0. The van der Waals surface area contributed by atoms with Crippen molar-refractivity contribution in [2.75, 3.05) is 18.8 Å².